The number of fused-ring (bicyclic) bond motifs is 1. The van der Waals surface area contributed by atoms with Gasteiger partial charge in [0.05, 0.1) is 35.8 Å². The Hall–Kier alpha value is -4.02. The van der Waals surface area contributed by atoms with Gasteiger partial charge in [-0.2, -0.15) is 5.10 Å². The Morgan fingerprint density at radius 3 is 2.80 bits per heavy atom. The number of aromatic nitrogens is 4. The molecular formula is C30H35N5O5. The van der Waals surface area contributed by atoms with Crippen LogP contribution in [0.4, 0.5) is 4.79 Å². The van der Waals surface area contributed by atoms with Crippen LogP contribution >= 0.6 is 0 Å². The molecule has 40 heavy (non-hydrogen) atoms. The van der Waals surface area contributed by atoms with Crippen LogP contribution in [0.1, 0.15) is 63.1 Å². The van der Waals surface area contributed by atoms with Gasteiger partial charge in [0.2, 0.25) is 0 Å². The first-order chi connectivity index (χ1) is 19.5. The lowest BCUT2D eigenvalue weighted by Crippen LogP contribution is -2.28. The largest absolute Gasteiger partial charge is 0.491 e. The molecule has 0 saturated carbocycles. The third-order valence-electron chi connectivity index (χ3n) is 6.80. The van der Waals surface area contributed by atoms with E-state index in [1.54, 1.807) is 19.3 Å². The van der Waals surface area contributed by atoms with Crippen molar-refractivity contribution in [3.63, 3.8) is 0 Å². The highest BCUT2D eigenvalue weighted by atomic mass is 16.5. The smallest absolute Gasteiger partial charge is 0.407 e. The van der Waals surface area contributed by atoms with E-state index in [0.29, 0.717) is 42.4 Å². The van der Waals surface area contributed by atoms with Crippen LogP contribution in [0.15, 0.2) is 60.9 Å². The maximum atomic E-state index is 12.1. The molecule has 0 bridgehead atoms. The number of carbonyl (C=O) groups excluding carboxylic acids is 1. The highest BCUT2D eigenvalue weighted by Gasteiger charge is 2.23. The number of hydrogen-bond acceptors (Lipinski definition) is 8. The average molecular weight is 546 g/mol. The predicted octanol–water partition coefficient (Wildman–Crippen LogP) is 5.33. The van der Waals surface area contributed by atoms with Crippen LogP contribution in [0.5, 0.6) is 5.75 Å². The monoisotopic (exact) mass is 545 g/mol. The Morgan fingerprint density at radius 2 is 2.02 bits per heavy atom. The number of nitrogens with zero attached hydrogens (tertiary/aromatic N) is 4. The number of benzene rings is 2. The van der Waals surface area contributed by atoms with Crippen LogP contribution in [0.3, 0.4) is 0 Å². The number of aliphatic hydroxyl groups excluding tert-OH is 1. The third-order valence-corrected chi connectivity index (χ3v) is 6.80. The van der Waals surface area contributed by atoms with E-state index >= 15 is 0 Å². The van der Waals surface area contributed by atoms with Crippen LogP contribution in [0.2, 0.25) is 0 Å². The number of carbonyl (C=O) groups is 1. The van der Waals surface area contributed by atoms with Crippen molar-refractivity contribution in [2.24, 2.45) is 0 Å². The fraction of sp³-hybridized carbons (Fsp3) is 0.400. The van der Waals surface area contributed by atoms with Crippen molar-refractivity contribution in [1.29, 1.82) is 0 Å². The Morgan fingerprint density at radius 1 is 1.18 bits per heavy atom. The zero-order valence-corrected chi connectivity index (χ0v) is 22.8. The predicted molar refractivity (Wildman–Crippen MR) is 150 cm³/mol. The molecule has 2 aromatic carbocycles. The summed E-state index contributed by atoms with van der Waals surface area (Å²) in [5.74, 6) is 0.677. The number of alkyl carbamates (subject to hydrolysis) is 1. The standard InChI is InChI=1S/C30H35N5O5/c1-20(13-14-32-30(37)39-19-22-8-4-3-5-9-22)40-23-11-12-27-24(16-23)29(26-18-31-17-25(33-26)21(2)36)34-35(27)28-10-6-7-15-38-28/h3-5,8-9,11-12,16-18,20-21,28,36H,6-7,10,13-15,19H2,1-2H3,(H,32,37)/t20-,21-,28-/m1/s1. The molecule has 1 amide bonds. The molecule has 1 aliphatic rings. The summed E-state index contributed by atoms with van der Waals surface area (Å²) in [6, 6.07) is 15.4. The second-order valence-corrected chi connectivity index (χ2v) is 10.0. The molecule has 2 N–H and O–H groups in total. The molecule has 1 saturated heterocycles. The first kappa shape index (κ1) is 27.5. The van der Waals surface area contributed by atoms with Gasteiger partial charge in [-0.25, -0.2) is 14.5 Å². The normalized spacial score (nSPS) is 16.8. The number of rotatable bonds is 10. The molecule has 10 nitrogen and oxygen atoms in total. The van der Waals surface area contributed by atoms with Crippen LogP contribution in [-0.4, -0.2) is 50.2 Å². The summed E-state index contributed by atoms with van der Waals surface area (Å²) in [6.07, 6.45) is 5.28. The minimum atomic E-state index is -0.744. The summed E-state index contributed by atoms with van der Waals surface area (Å²) in [6.45, 7) is 4.96. The highest BCUT2D eigenvalue weighted by Crippen LogP contribution is 2.34. The minimum absolute atomic E-state index is 0.156. The molecule has 2 aromatic heterocycles. The van der Waals surface area contributed by atoms with Crippen molar-refractivity contribution in [2.75, 3.05) is 13.2 Å². The molecule has 0 unspecified atom stereocenters. The zero-order chi connectivity index (χ0) is 27.9. The van der Waals surface area contributed by atoms with Crippen LogP contribution in [-0.2, 0) is 16.1 Å². The van der Waals surface area contributed by atoms with Gasteiger partial charge in [0.1, 0.15) is 23.7 Å². The fourth-order valence-corrected chi connectivity index (χ4v) is 4.66. The summed E-state index contributed by atoms with van der Waals surface area (Å²) in [5.41, 5.74) is 3.55. The van der Waals surface area contributed by atoms with Crippen molar-refractivity contribution >= 4 is 17.0 Å². The number of aliphatic hydroxyl groups is 1. The fourth-order valence-electron chi connectivity index (χ4n) is 4.66. The Labute approximate surface area is 233 Å². The van der Waals surface area contributed by atoms with E-state index in [0.717, 1.165) is 35.7 Å². The first-order valence-corrected chi connectivity index (χ1v) is 13.7. The Kier molecular flexibility index (Phi) is 8.87. The molecule has 0 aliphatic carbocycles. The van der Waals surface area contributed by atoms with E-state index in [4.69, 9.17) is 19.3 Å². The molecule has 0 spiro atoms. The van der Waals surface area contributed by atoms with Crippen LogP contribution < -0.4 is 10.1 Å². The molecule has 1 fully saturated rings. The van der Waals surface area contributed by atoms with Gasteiger partial charge in [0, 0.05) is 25.0 Å². The molecule has 210 valence electrons. The number of nitrogens with one attached hydrogen (secondary N) is 1. The molecular weight excluding hydrogens is 510 g/mol. The number of amides is 1. The van der Waals surface area contributed by atoms with Gasteiger partial charge < -0.3 is 24.6 Å². The average Bonchev–Trinajstić information content (AvgIpc) is 3.36. The number of ether oxygens (including phenoxy) is 3. The lowest BCUT2D eigenvalue weighted by Gasteiger charge is -2.23. The van der Waals surface area contributed by atoms with E-state index in [1.165, 1.54) is 0 Å². The molecule has 3 heterocycles. The summed E-state index contributed by atoms with van der Waals surface area (Å²) in [4.78, 5) is 20.9. The van der Waals surface area contributed by atoms with Gasteiger partial charge in [-0.1, -0.05) is 30.3 Å². The van der Waals surface area contributed by atoms with E-state index < -0.39 is 12.2 Å². The van der Waals surface area contributed by atoms with E-state index in [2.05, 4.69) is 15.3 Å². The van der Waals surface area contributed by atoms with Crippen LogP contribution in [0, 0.1) is 0 Å². The quantitative estimate of drug-likeness (QED) is 0.274. The summed E-state index contributed by atoms with van der Waals surface area (Å²) in [7, 11) is 0. The van der Waals surface area contributed by atoms with Crippen molar-refractivity contribution < 1.29 is 24.1 Å². The number of hydrogen-bond donors (Lipinski definition) is 2. The second kappa shape index (κ2) is 12.9. The second-order valence-electron chi connectivity index (χ2n) is 10.0. The topological polar surface area (TPSA) is 121 Å². The van der Waals surface area contributed by atoms with Gasteiger partial charge in [0.15, 0.2) is 6.23 Å². The maximum absolute atomic E-state index is 12.1. The van der Waals surface area contributed by atoms with E-state index in [-0.39, 0.29) is 18.9 Å². The summed E-state index contributed by atoms with van der Waals surface area (Å²) in [5, 5.41) is 18.6. The molecule has 5 rings (SSSR count). The highest BCUT2D eigenvalue weighted by molar-refractivity contribution is 5.93. The van der Waals surface area contributed by atoms with Crippen LogP contribution in [0.25, 0.3) is 22.3 Å². The first-order valence-electron chi connectivity index (χ1n) is 13.7. The zero-order valence-electron chi connectivity index (χ0n) is 22.8. The van der Waals surface area contributed by atoms with E-state index in [1.807, 2.05) is 60.1 Å². The van der Waals surface area contributed by atoms with E-state index in [9.17, 15) is 9.90 Å². The Bertz CT molecular complexity index is 1420. The third kappa shape index (κ3) is 6.75. The Balaban J connectivity index is 1.28. The van der Waals surface area contributed by atoms with Crippen molar-refractivity contribution in [2.45, 2.75) is 64.6 Å². The van der Waals surface area contributed by atoms with Crippen molar-refractivity contribution in [3.8, 4) is 17.1 Å². The SMILES string of the molecule is C[C@H](CCNC(=O)OCc1ccccc1)Oc1ccc2c(c1)c(-c1cncc([C@@H](C)O)n1)nn2[C@H]1CCCCO1. The maximum Gasteiger partial charge on any atom is 0.407 e. The lowest BCUT2D eigenvalue weighted by atomic mass is 10.1. The van der Waals surface area contributed by atoms with Gasteiger partial charge in [-0.3, -0.25) is 4.98 Å². The molecule has 3 atom stereocenters. The molecule has 0 radical (unpaired) electrons. The summed E-state index contributed by atoms with van der Waals surface area (Å²) >= 11 is 0. The van der Waals surface area contributed by atoms with Crippen molar-refractivity contribution in [3.05, 3.63) is 72.2 Å². The molecule has 1 aliphatic heterocycles. The summed E-state index contributed by atoms with van der Waals surface area (Å²) < 4.78 is 19.4. The van der Waals surface area contributed by atoms with Crippen molar-refractivity contribution in [1.82, 2.24) is 25.1 Å². The van der Waals surface area contributed by atoms with Gasteiger partial charge >= 0.3 is 6.09 Å². The molecule has 10 heteroatoms. The molecule has 4 aromatic rings. The van der Waals surface area contributed by atoms with Gasteiger partial charge in [-0.05, 0) is 56.9 Å². The minimum Gasteiger partial charge on any atom is -0.491 e. The van der Waals surface area contributed by atoms with Gasteiger partial charge in [-0.15, -0.1) is 0 Å². The lowest BCUT2D eigenvalue weighted by molar-refractivity contribution is -0.0365. The van der Waals surface area contributed by atoms with Gasteiger partial charge in [0.25, 0.3) is 0 Å².